The van der Waals surface area contributed by atoms with Crippen LogP contribution in [0.3, 0.4) is 0 Å². The molecular formula is C16H15BrN4O6S2. The topological polar surface area (TPSA) is 146 Å². The highest BCUT2D eigenvalue weighted by atomic mass is 79.9. The third kappa shape index (κ3) is 6.10. The van der Waals surface area contributed by atoms with Crippen LogP contribution < -0.4 is 20.1 Å². The van der Waals surface area contributed by atoms with E-state index in [1.165, 1.54) is 12.3 Å². The number of benzene rings is 2. The van der Waals surface area contributed by atoms with Crippen LogP contribution in [0.15, 0.2) is 50.9 Å². The number of nitrogens with zero attached hydrogens (tertiary/aromatic N) is 2. The summed E-state index contributed by atoms with van der Waals surface area (Å²) in [6.45, 7) is 1.96. The predicted molar refractivity (Wildman–Crippen MR) is 114 cm³/mol. The summed E-state index contributed by atoms with van der Waals surface area (Å²) < 4.78 is 36.2. The average molecular weight is 503 g/mol. The number of nitro benzene ring substituents is 1. The zero-order valence-electron chi connectivity index (χ0n) is 14.9. The normalized spacial score (nSPS) is 11.2. The molecule has 10 nitrogen and oxygen atoms in total. The second kappa shape index (κ2) is 9.62. The van der Waals surface area contributed by atoms with Crippen LogP contribution in [0.25, 0.3) is 0 Å². The second-order valence-electron chi connectivity index (χ2n) is 5.29. The largest absolute Gasteiger partial charge is 0.490 e. The van der Waals surface area contributed by atoms with E-state index in [1.807, 2.05) is 0 Å². The van der Waals surface area contributed by atoms with E-state index in [0.717, 1.165) is 24.3 Å². The van der Waals surface area contributed by atoms with Crippen LogP contribution in [0, 0.1) is 10.1 Å². The quantitative estimate of drug-likeness (QED) is 0.183. The molecule has 3 N–H and O–H groups in total. The van der Waals surface area contributed by atoms with Crippen LogP contribution >= 0.6 is 28.1 Å². The number of nitrogens with two attached hydrogens (primary N) is 1. The van der Waals surface area contributed by atoms with Crippen molar-refractivity contribution < 1.29 is 22.3 Å². The molecule has 0 spiro atoms. The van der Waals surface area contributed by atoms with Crippen molar-refractivity contribution in [3.63, 3.8) is 0 Å². The van der Waals surface area contributed by atoms with Gasteiger partial charge in [-0.05, 0) is 64.9 Å². The number of nitrogens with one attached hydrogen (secondary N) is 1. The molecule has 0 aliphatic rings. The summed E-state index contributed by atoms with van der Waals surface area (Å²) >= 11 is 7.90. The van der Waals surface area contributed by atoms with Gasteiger partial charge < -0.3 is 14.7 Å². The van der Waals surface area contributed by atoms with Gasteiger partial charge in [0.2, 0.25) is 0 Å². The van der Waals surface area contributed by atoms with Gasteiger partial charge in [-0.1, -0.05) is 0 Å². The number of non-ortho nitro benzene ring substituents is 1. The molecule has 0 aliphatic carbocycles. The third-order valence-electron chi connectivity index (χ3n) is 3.25. The van der Waals surface area contributed by atoms with E-state index in [4.69, 9.17) is 14.7 Å². The molecule has 0 saturated heterocycles. The molecule has 0 fully saturated rings. The predicted octanol–water partition coefficient (Wildman–Crippen LogP) is 2.69. The number of ether oxygens (including phenoxy) is 1. The lowest BCUT2D eigenvalue weighted by atomic mass is 10.2. The van der Waals surface area contributed by atoms with Gasteiger partial charge in [-0.3, -0.25) is 15.5 Å². The van der Waals surface area contributed by atoms with Crippen molar-refractivity contribution in [2.45, 2.75) is 11.8 Å². The number of hydrogen-bond acceptors (Lipinski definition) is 8. The van der Waals surface area contributed by atoms with Gasteiger partial charge in [0.25, 0.3) is 5.69 Å². The fraction of sp³-hybridized carbons (Fsp3) is 0.125. The van der Waals surface area contributed by atoms with Gasteiger partial charge in [-0.25, -0.2) is 0 Å². The van der Waals surface area contributed by atoms with Gasteiger partial charge in [0.15, 0.2) is 16.6 Å². The third-order valence-corrected chi connectivity index (χ3v) is 5.17. The molecule has 154 valence electrons. The Hall–Kier alpha value is -2.77. The number of hydrogen-bond donors (Lipinski definition) is 2. The fourth-order valence-corrected chi connectivity index (χ4v) is 3.73. The van der Waals surface area contributed by atoms with Gasteiger partial charge in [0.05, 0.1) is 22.2 Å². The molecule has 13 heteroatoms. The fourth-order valence-electron chi connectivity index (χ4n) is 2.07. The average Bonchev–Trinajstić information content (AvgIpc) is 2.64. The molecule has 2 aromatic carbocycles. The molecule has 0 aliphatic heterocycles. The van der Waals surface area contributed by atoms with Gasteiger partial charge >= 0.3 is 10.1 Å². The van der Waals surface area contributed by atoms with Gasteiger partial charge in [0.1, 0.15) is 4.90 Å². The summed E-state index contributed by atoms with van der Waals surface area (Å²) in [4.78, 5) is 9.85. The lowest BCUT2D eigenvalue weighted by Gasteiger charge is -2.14. The van der Waals surface area contributed by atoms with Crippen molar-refractivity contribution in [2.24, 2.45) is 10.8 Å². The number of rotatable bonds is 8. The standard InChI is InChI=1S/C16H15BrN4O6S2/c1-2-26-14-8-10(9-19-20-16(18)28)7-13(17)15(14)27-29(24,25)12-5-3-11(4-6-12)21(22)23/h3-9H,2H2,1H3,(H3,18,20,28)/b19-9+. The first kappa shape index (κ1) is 22.5. The Kier molecular flexibility index (Phi) is 7.47. The Labute approximate surface area is 180 Å². The molecule has 0 heterocycles. The Morgan fingerprint density at radius 1 is 1.38 bits per heavy atom. The monoisotopic (exact) mass is 502 g/mol. The second-order valence-corrected chi connectivity index (χ2v) is 8.13. The van der Waals surface area contributed by atoms with Crippen molar-refractivity contribution >= 4 is 55.3 Å². The molecule has 0 radical (unpaired) electrons. The highest BCUT2D eigenvalue weighted by molar-refractivity contribution is 9.10. The van der Waals surface area contributed by atoms with Crippen LogP contribution in [-0.4, -0.2) is 31.3 Å². The maximum atomic E-state index is 12.6. The number of halogens is 1. The molecular weight excluding hydrogens is 488 g/mol. The summed E-state index contributed by atoms with van der Waals surface area (Å²) in [5.74, 6) is 0.0637. The summed E-state index contributed by atoms with van der Waals surface area (Å²) in [7, 11) is -4.27. The minimum absolute atomic E-state index is 0.0144. The Morgan fingerprint density at radius 3 is 2.59 bits per heavy atom. The van der Waals surface area contributed by atoms with Gasteiger partial charge in [0, 0.05) is 12.1 Å². The first-order chi connectivity index (χ1) is 13.6. The van der Waals surface area contributed by atoms with E-state index in [-0.39, 0.29) is 38.3 Å². The smallest absolute Gasteiger partial charge is 0.339 e. The van der Waals surface area contributed by atoms with E-state index in [2.05, 4.69) is 38.7 Å². The Bertz CT molecular complexity index is 1060. The molecule has 0 bridgehead atoms. The number of thiocarbonyl (C=S) groups is 1. The molecule has 0 atom stereocenters. The van der Waals surface area contributed by atoms with E-state index in [1.54, 1.807) is 13.0 Å². The van der Waals surface area contributed by atoms with E-state index >= 15 is 0 Å². The maximum Gasteiger partial charge on any atom is 0.339 e. The zero-order valence-corrected chi connectivity index (χ0v) is 18.1. The summed E-state index contributed by atoms with van der Waals surface area (Å²) in [6, 6.07) is 7.38. The Morgan fingerprint density at radius 2 is 2.03 bits per heavy atom. The molecule has 0 unspecified atom stereocenters. The minimum Gasteiger partial charge on any atom is -0.490 e. The minimum atomic E-state index is -4.27. The van der Waals surface area contributed by atoms with Gasteiger partial charge in [-0.15, -0.1) is 0 Å². The van der Waals surface area contributed by atoms with Crippen LogP contribution in [0.2, 0.25) is 0 Å². The van der Waals surface area contributed by atoms with Crippen molar-refractivity contribution in [3.05, 3.63) is 56.5 Å². The Balaban J connectivity index is 2.38. The first-order valence-electron chi connectivity index (χ1n) is 7.88. The maximum absolute atomic E-state index is 12.6. The number of nitro groups is 1. The van der Waals surface area contributed by atoms with Crippen molar-refractivity contribution in [1.82, 2.24) is 5.43 Å². The van der Waals surface area contributed by atoms with Crippen LogP contribution in [0.4, 0.5) is 5.69 Å². The van der Waals surface area contributed by atoms with Crippen LogP contribution in [-0.2, 0) is 10.1 Å². The summed E-state index contributed by atoms with van der Waals surface area (Å²) in [5, 5.41) is 14.5. The number of hydrazone groups is 1. The van der Waals surface area contributed by atoms with E-state index in [0.29, 0.717) is 5.56 Å². The lowest BCUT2D eigenvalue weighted by Crippen LogP contribution is -2.24. The SMILES string of the molecule is CCOc1cc(/C=N/NC(N)=S)cc(Br)c1OS(=O)(=O)c1ccc([N+](=O)[O-])cc1. The summed E-state index contributed by atoms with van der Waals surface area (Å²) in [5.41, 5.74) is 7.99. The van der Waals surface area contributed by atoms with E-state index in [9.17, 15) is 18.5 Å². The molecule has 29 heavy (non-hydrogen) atoms. The van der Waals surface area contributed by atoms with Crippen LogP contribution in [0.5, 0.6) is 11.5 Å². The molecule has 0 amide bonds. The van der Waals surface area contributed by atoms with Crippen molar-refractivity contribution in [2.75, 3.05) is 6.61 Å². The highest BCUT2D eigenvalue weighted by Crippen LogP contribution is 2.38. The highest BCUT2D eigenvalue weighted by Gasteiger charge is 2.23. The van der Waals surface area contributed by atoms with Crippen molar-refractivity contribution in [3.8, 4) is 11.5 Å². The lowest BCUT2D eigenvalue weighted by molar-refractivity contribution is -0.384. The molecule has 0 saturated carbocycles. The molecule has 0 aromatic heterocycles. The van der Waals surface area contributed by atoms with Gasteiger partial charge in [-0.2, -0.15) is 13.5 Å². The van der Waals surface area contributed by atoms with Crippen LogP contribution in [0.1, 0.15) is 12.5 Å². The van der Waals surface area contributed by atoms with Crippen molar-refractivity contribution in [1.29, 1.82) is 0 Å². The molecule has 2 rings (SSSR count). The molecule has 2 aromatic rings. The first-order valence-corrected chi connectivity index (χ1v) is 10.5. The summed E-state index contributed by atoms with van der Waals surface area (Å²) in [6.07, 6.45) is 1.40. The van der Waals surface area contributed by atoms with E-state index < -0.39 is 15.0 Å². The zero-order chi connectivity index (χ0) is 21.6.